The van der Waals surface area contributed by atoms with Crippen LogP contribution in [0.3, 0.4) is 0 Å². The predicted octanol–water partition coefficient (Wildman–Crippen LogP) is 2.74. The van der Waals surface area contributed by atoms with Crippen LogP contribution in [0.25, 0.3) is 11.1 Å². The number of carbonyl (C=O) groups excluding carboxylic acids is 2. The Bertz CT molecular complexity index is 1280. The molecule has 2 aromatic carbocycles. The zero-order valence-corrected chi connectivity index (χ0v) is 25.0. The minimum absolute atomic E-state index is 0.0733. The maximum atomic E-state index is 13.9. The first-order chi connectivity index (χ1) is 20.0. The Morgan fingerprint density at radius 1 is 1.10 bits per heavy atom. The molecule has 4 fully saturated rings. The van der Waals surface area contributed by atoms with E-state index in [1.54, 1.807) is 24.1 Å². The Kier molecular flexibility index (Phi) is 9.06. The van der Waals surface area contributed by atoms with Gasteiger partial charge in [0.1, 0.15) is 12.1 Å². The molecule has 0 aromatic heterocycles. The number of benzene rings is 2. The number of fused-ring (bicyclic) bond motifs is 2. The van der Waals surface area contributed by atoms with Gasteiger partial charge in [0.25, 0.3) is 5.91 Å². The summed E-state index contributed by atoms with van der Waals surface area (Å²) in [4.78, 5) is 32.4. The minimum Gasteiger partial charge on any atom is -0.395 e. The molecule has 2 bridgehead atoms. The van der Waals surface area contributed by atoms with Crippen LogP contribution in [0.1, 0.15) is 56.5 Å². The van der Waals surface area contributed by atoms with Crippen molar-refractivity contribution >= 4 is 11.8 Å². The van der Waals surface area contributed by atoms with Gasteiger partial charge >= 0.3 is 0 Å². The van der Waals surface area contributed by atoms with Crippen LogP contribution in [0.15, 0.2) is 48.5 Å². The fraction of sp³-hybridized carbons (Fsp3) is 0.576. The molecule has 3 aliphatic carbocycles. The van der Waals surface area contributed by atoms with Crippen LogP contribution < -0.4 is 10.6 Å². The van der Waals surface area contributed by atoms with E-state index in [9.17, 15) is 19.8 Å². The molecule has 4 aliphatic rings. The molecule has 0 unspecified atom stereocenters. The lowest BCUT2D eigenvalue weighted by molar-refractivity contribution is -0.183. The van der Waals surface area contributed by atoms with Crippen molar-refractivity contribution in [1.29, 1.82) is 0 Å². The van der Waals surface area contributed by atoms with Gasteiger partial charge in [0.05, 0.1) is 25.9 Å². The largest absolute Gasteiger partial charge is 0.395 e. The maximum Gasteiger partial charge on any atom is 0.251 e. The topological polar surface area (TPSA) is 131 Å². The first-order valence-corrected chi connectivity index (χ1v) is 15.2. The van der Waals surface area contributed by atoms with Gasteiger partial charge in [-0.3, -0.25) is 14.4 Å². The van der Waals surface area contributed by atoms with Gasteiger partial charge in [-0.25, -0.2) is 0 Å². The lowest BCUT2D eigenvalue weighted by Crippen LogP contribution is -2.62. The van der Waals surface area contributed by atoms with E-state index in [-0.39, 0.29) is 44.2 Å². The molecule has 1 heterocycles. The number of hydroxylamine groups is 2. The molecular weight excluding hydrogens is 534 g/mol. The van der Waals surface area contributed by atoms with Gasteiger partial charge in [-0.2, -0.15) is 5.06 Å². The molecule has 2 aromatic rings. The van der Waals surface area contributed by atoms with E-state index < -0.39 is 24.2 Å². The standard InChI is InChI=1S/C33H45N3O6/c1-19-26-15-25(33(26,3)4)16-27(19)35-32(41)30-29(20(2)39)28(18-38)42-36(30)17-21-7-5-8-22(13-21)23-9-6-10-24(14-23)31(40)34-11-12-37/h5-10,13-14,19-20,25-30,37-39H,11-12,15-18H2,1-4H3,(H,34,40)(H,35,41)/t19-,20-,25+,26-,27-,28-,29+,30-/m0/s1. The van der Waals surface area contributed by atoms with E-state index in [0.29, 0.717) is 28.7 Å². The Morgan fingerprint density at radius 3 is 2.45 bits per heavy atom. The van der Waals surface area contributed by atoms with Crippen molar-refractivity contribution in [3.05, 3.63) is 59.7 Å². The number of carbonyl (C=O) groups is 2. The first kappa shape index (κ1) is 30.6. The molecule has 3 saturated carbocycles. The normalized spacial score (nSPS) is 30.8. The number of rotatable bonds is 10. The highest BCUT2D eigenvalue weighted by molar-refractivity contribution is 5.95. The quantitative estimate of drug-likeness (QED) is 0.293. The highest BCUT2D eigenvalue weighted by Gasteiger charge is 2.57. The van der Waals surface area contributed by atoms with Crippen molar-refractivity contribution < 1.29 is 29.7 Å². The van der Waals surface area contributed by atoms with Crippen molar-refractivity contribution in [1.82, 2.24) is 15.7 Å². The summed E-state index contributed by atoms with van der Waals surface area (Å²) in [5.41, 5.74) is 3.44. The van der Waals surface area contributed by atoms with Gasteiger partial charge < -0.3 is 26.0 Å². The van der Waals surface area contributed by atoms with Gasteiger partial charge in [-0.1, -0.05) is 51.1 Å². The van der Waals surface area contributed by atoms with Crippen LogP contribution in [0.4, 0.5) is 0 Å². The summed E-state index contributed by atoms with van der Waals surface area (Å²) in [7, 11) is 0. The van der Waals surface area contributed by atoms with E-state index in [1.807, 2.05) is 36.4 Å². The van der Waals surface area contributed by atoms with Crippen LogP contribution >= 0.6 is 0 Å². The molecule has 0 spiro atoms. The van der Waals surface area contributed by atoms with Gasteiger partial charge in [0.15, 0.2) is 0 Å². The second kappa shape index (κ2) is 12.4. The van der Waals surface area contributed by atoms with E-state index >= 15 is 0 Å². The number of nitrogens with one attached hydrogen (secondary N) is 2. The fourth-order valence-electron chi connectivity index (χ4n) is 7.62. The second-order valence-electron chi connectivity index (χ2n) is 13.0. The smallest absolute Gasteiger partial charge is 0.251 e. The number of hydrogen-bond acceptors (Lipinski definition) is 7. The van der Waals surface area contributed by atoms with E-state index in [1.165, 1.54) is 6.42 Å². The minimum atomic E-state index is -0.856. The van der Waals surface area contributed by atoms with Crippen LogP contribution in [0, 0.1) is 29.1 Å². The Hall–Kier alpha value is -2.82. The fourth-order valence-corrected chi connectivity index (χ4v) is 7.62. The third-order valence-electron chi connectivity index (χ3n) is 10.2. The highest BCUT2D eigenvalue weighted by atomic mass is 16.7. The van der Waals surface area contributed by atoms with E-state index in [0.717, 1.165) is 23.1 Å². The maximum absolute atomic E-state index is 13.9. The number of amides is 2. The van der Waals surface area contributed by atoms with E-state index in [2.05, 4.69) is 31.4 Å². The van der Waals surface area contributed by atoms with Crippen molar-refractivity contribution in [2.45, 2.75) is 71.4 Å². The summed E-state index contributed by atoms with van der Waals surface area (Å²) in [6.45, 7) is 8.57. The monoisotopic (exact) mass is 579 g/mol. The second-order valence-corrected chi connectivity index (χ2v) is 13.0. The molecule has 8 atom stereocenters. The van der Waals surface area contributed by atoms with Crippen LogP contribution in [-0.2, 0) is 16.2 Å². The third kappa shape index (κ3) is 5.85. The summed E-state index contributed by atoms with van der Waals surface area (Å²) < 4.78 is 0. The molecule has 2 amide bonds. The van der Waals surface area contributed by atoms with Gasteiger partial charge in [0, 0.05) is 24.1 Å². The zero-order valence-electron chi connectivity index (χ0n) is 25.0. The average molecular weight is 580 g/mol. The summed E-state index contributed by atoms with van der Waals surface area (Å²) in [6.07, 6.45) is 0.611. The lowest BCUT2D eigenvalue weighted by atomic mass is 9.45. The van der Waals surface area contributed by atoms with Crippen molar-refractivity contribution in [2.24, 2.45) is 29.1 Å². The summed E-state index contributed by atoms with van der Waals surface area (Å²) in [5, 5.41) is 37.4. The Labute approximate surface area is 248 Å². The first-order valence-electron chi connectivity index (χ1n) is 15.2. The number of aliphatic hydroxyl groups excluding tert-OH is 3. The van der Waals surface area contributed by atoms with Gasteiger partial charge in [-0.05, 0) is 77.8 Å². The number of hydrogen-bond donors (Lipinski definition) is 5. The number of aliphatic hydroxyl groups is 3. The molecule has 9 nitrogen and oxygen atoms in total. The molecule has 42 heavy (non-hydrogen) atoms. The summed E-state index contributed by atoms with van der Waals surface area (Å²) in [5.74, 6) is 0.523. The van der Waals surface area contributed by atoms with Crippen LogP contribution in [0.5, 0.6) is 0 Å². The molecule has 9 heteroatoms. The van der Waals surface area contributed by atoms with Crippen molar-refractivity contribution in [2.75, 3.05) is 19.8 Å². The zero-order chi connectivity index (χ0) is 30.2. The molecular formula is C33H45N3O6. The molecule has 5 N–H and O–H groups in total. The van der Waals surface area contributed by atoms with Gasteiger partial charge in [-0.15, -0.1) is 0 Å². The summed E-state index contributed by atoms with van der Waals surface area (Å²) in [6, 6.07) is 14.4. The molecule has 228 valence electrons. The van der Waals surface area contributed by atoms with Crippen LogP contribution in [-0.4, -0.2) is 76.2 Å². The average Bonchev–Trinajstić information content (AvgIpc) is 3.35. The molecule has 1 aliphatic heterocycles. The highest BCUT2D eigenvalue weighted by Crippen LogP contribution is 2.61. The van der Waals surface area contributed by atoms with Crippen LogP contribution in [0.2, 0.25) is 0 Å². The van der Waals surface area contributed by atoms with Gasteiger partial charge in [0.2, 0.25) is 5.91 Å². The SMILES string of the molecule is C[C@@H]1[C@@H](NC(=O)[C@@H]2[C@H]([C@H](C)O)[C@H](CO)ON2Cc2cccc(-c3cccc(C(=O)NCCO)c3)c2)C[C@H]2C[C@@H]1C2(C)C. The third-order valence-corrected chi connectivity index (χ3v) is 10.2. The lowest BCUT2D eigenvalue weighted by Gasteiger charge is -2.62. The Balaban J connectivity index is 1.35. The van der Waals surface area contributed by atoms with Crippen molar-refractivity contribution in [3.63, 3.8) is 0 Å². The molecule has 0 radical (unpaired) electrons. The van der Waals surface area contributed by atoms with Crippen molar-refractivity contribution in [3.8, 4) is 11.1 Å². The number of nitrogens with zero attached hydrogens (tertiary/aromatic N) is 1. The molecule has 1 saturated heterocycles. The predicted molar refractivity (Wildman–Crippen MR) is 159 cm³/mol. The summed E-state index contributed by atoms with van der Waals surface area (Å²) >= 11 is 0. The molecule has 6 rings (SSSR count). The Morgan fingerprint density at radius 2 is 1.81 bits per heavy atom. The van der Waals surface area contributed by atoms with E-state index in [4.69, 9.17) is 9.94 Å².